The molecule has 0 radical (unpaired) electrons. The minimum atomic E-state index is -0.506. The molecule has 0 aliphatic rings. The predicted molar refractivity (Wildman–Crippen MR) is 149 cm³/mol. The Morgan fingerprint density at radius 3 is 2.49 bits per heavy atom. The minimum Gasteiger partial charge on any atom is -0.497 e. The number of thiophene rings is 1. The third-order valence-electron chi connectivity index (χ3n) is 5.66. The molecule has 0 saturated carbocycles. The van der Waals surface area contributed by atoms with Gasteiger partial charge in [-0.2, -0.15) is 0 Å². The van der Waals surface area contributed by atoms with Crippen LogP contribution in [0.5, 0.6) is 5.75 Å². The van der Waals surface area contributed by atoms with E-state index in [1.165, 1.54) is 17.7 Å². The highest BCUT2D eigenvalue weighted by Crippen LogP contribution is 2.34. The van der Waals surface area contributed by atoms with Crippen LogP contribution in [0.15, 0.2) is 54.9 Å². The van der Waals surface area contributed by atoms with E-state index in [1.54, 1.807) is 61.1 Å². The first kappa shape index (κ1) is 27.3. The Morgan fingerprint density at radius 2 is 1.74 bits per heavy atom. The average Bonchev–Trinajstić information content (AvgIpc) is 3.29. The molecule has 0 bridgehead atoms. The summed E-state index contributed by atoms with van der Waals surface area (Å²) >= 11 is 1.25. The summed E-state index contributed by atoms with van der Waals surface area (Å²) in [5, 5.41) is 20.9. The van der Waals surface area contributed by atoms with Crippen LogP contribution in [0, 0.1) is 6.92 Å². The van der Waals surface area contributed by atoms with Crippen molar-refractivity contribution in [3.63, 3.8) is 0 Å². The Balaban J connectivity index is 1.40. The average molecular weight is 550 g/mol. The number of amides is 4. The van der Waals surface area contributed by atoms with Gasteiger partial charge in [-0.25, -0.2) is 20.2 Å². The molecule has 2 aromatic carbocycles. The number of nitrogens with one attached hydrogen (secondary N) is 5. The van der Waals surface area contributed by atoms with Gasteiger partial charge in [0.05, 0.1) is 17.4 Å². The summed E-state index contributed by atoms with van der Waals surface area (Å²) < 4.78 is 5.17. The van der Waals surface area contributed by atoms with Crippen molar-refractivity contribution in [3.05, 3.63) is 65.3 Å². The molecule has 6 N–H and O–H groups in total. The van der Waals surface area contributed by atoms with Crippen LogP contribution in [0.25, 0.3) is 10.2 Å². The van der Waals surface area contributed by atoms with Crippen LogP contribution < -0.4 is 31.5 Å². The van der Waals surface area contributed by atoms with Gasteiger partial charge in [0.15, 0.2) is 0 Å². The van der Waals surface area contributed by atoms with Gasteiger partial charge in [-0.15, -0.1) is 11.3 Å². The lowest BCUT2D eigenvalue weighted by Gasteiger charge is -2.11. The second-order valence-corrected chi connectivity index (χ2v) is 9.37. The first-order chi connectivity index (χ1) is 18.9. The van der Waals surface area contributed by atoms with E-state index in [0.717, 1.165) is 16.6 Å². The van der Waals surface area contributed by atoms with Crippen LogP contribution in [0.1, 0.15) is 28.1 Å². The fourth-order valence-corrected chi connectivity index (χ4v) is 4.80. The van der Waals surface area contributed by atoms with Gasteiger partial charge >= 0.3 is 6.03 Å². The summed E-state index contributed by atoms with van der Waals surface area (Å²) in [7, 11) is 1.56. The van der Waals surface area contributed by atoms with Gasteiger partial charge in [0, 0.05) is 36.1 Å². The number of rotatable bonds is 10. The minimum absolute atomic E-state index is 0.100. The molecule has 4 aromatic rings. The number of carbonyl (C=O) groups excluding carboxylic acids is 3. The van der Waals surface area contributed by atoms with Crippen molar-refractivity contribution in [1.29, 1.82) is 0 Å². The molecule has 2 aromatic heterocycles. The number of urea groups is 1. The third kappa shape index (κ3) is 6.97. The van der Waals surface area contributed by atoms with Gasteiger partial charge < -0.3 is 26.0 Å². The van der Waals surface area contributed by atoms with Crippen molar-refractivity contribution in [2.24, 2.45) is 0 Å². The van der Waals surface area contributed by atoms with Crippen molar-refractivity contribution in [3.8, 4) is 5.75 Å². The molecule has 0 aliphatic heterocycles. The molecule has 4 rings (SSSR count). The van der Waals surface area contributed by atoms with E-state index in [0.29, 0.717) is 39.1 Å². The Kier molecular flexibility index (Phi) is 8.86. The standard InChI is InChI=1S/C26H27N7O5S/c1-15-21-23(28-14-29-25(21)39-22(15)24(35)27-12-4-7-20(34)33-37)30-16-8-10-17(11-9-16)31-26(36)32-18-5-3-6-19(13-18)38-2/h3,5-6,8-11,13-14,37H,4,7,12H2,1-2H3,(H,27,35)(H,33,34)(H,28,29,30)(H2,31,32,36). The normalized spacial score (nSPS) is 10.5. The summed E-state index contributed by atoms with van der Waals surface area (Å²) in [4.78, 5) is 46.1. The number of anilines is 4. The number of aromatic nitrogens is 2. The van der Waals surface area contributed by atoms with Crippen molar-refractivity contribution < 1.29 is 24.3 Å². The Morgan fingerprint density at radius 1 is 1.00 bits per heavy atom. The summed E-state index contributed by atoms with van der Waals surface area (Å²) in [5.74, 6) is 0.409. The van der Waals surface area contributed by atoms with Crippen LogP contribution in [0.3, 0.4) is 0 Å². The number of hydroxylamine groups is 1. The van der Waals surface area contributed by atoms with E-state index in [2.05, 4.69) is 31.2 Å². The summed E-state index contributed by atoms with van der Waals surface area (Å²) in [6.07, 6.45) is 1.92. The molecule has 0 saturated heterocycles. The zero-order valence-corrected chi connectivity index (χ0v) is 22.0. The van der Waals surface area contributed by atoms with Crippen molar-refractivity contribution in [2.75, 3.05) is 29.6 Å². The Bertz CT molecular complexity index is 1490. The van der Waals surface area contributed by atoms with E-state index in [-0.39, 0.29) is 18.9 Å². The highest BCUT2D eigenvalue weighted by Gasteiger charge is 2.19. The van der Waals surface area contributed by atoms with Gasteiger partial charge in [-0.1, -0.05) is 6.07 Å². The van der Waals surface area contributed by atoms with Gasteiger partial charge in [-0.3, -0.25) is 14.8 Å². The predicted octanol–water partition coefficient (Wildman–Crippen LogP) is 4.41. The molecule has 0 aliphatic carbocycles. The molecule has 0 atom stereocenters. The molecule has 2 heterocycles. The van der Waals surface area contributed by atoms with Crippen molar-refractivity contribution >= 4 is 62.3 Å². The van der Waals surface area contributed by atoms with Crippen molar-refractivity contribution in [2.45, 2.75) is 19.8 Å². The van der Waals surface area contributed by atoms with Gasteiger partial charge in [0.2, 0.25) is 5.91 Å². The molecule has 4 amide bonds. The van der Waals surface area contributed by atoms with E-state index < -0.39 is 11.9 Å². The lowest BCUT2D eigenvalue weighted by Crippen LogP contribution is -2.26. The molecule has 13 heteroatoms. The second-order valence-electron chi connectivity index (χ2n) is 8.37. The number of carbonyl (C=O) groups is 3. The zero-order valence-electron chi connectivity index (χ0n) is 21.2. The highest BCUT2D eigenvalue weighted by molar-refractivity contribution is 7.20. The van der Waals surface area contributed by atoms with Crippen LogP contribution in [0.2, 0.25) is 0 Å². The van der Waals surface area contributed by atoms with E-state index in [9.17, 15) is 14.4 Å². The number of benzene rings is 2. The number of aryl methyl sites for hydroxylation is 1. The summed E-state index contributed by atoms with van der Waals surface area (Å²) in [6.45, 7) is 2.12. The smallest absolute Gasteiger partial charge is 0.323 e. The fourth-order valence-electron chi connectivity index (χ4n) is 3.74. The van der Waals surface area contributed by atoms with E-state index in [4.69, 9.17) is 9.94 Å². The quantitative estimate of drug-likeness (QED) is 0.0961. The maximum atomic E-state index is 12.7. The SMILES string of the molecule is COc1cccc(NC(=O)Nc2ccc(Nc3ncnc4sc(C(=O)NCCCC(=O)NO)c(C)c34)cc2)c1. The number of fused-ring (bicyclic) bond motifs is 1. The molecule has 12 nitrogen and oxygen atoms in total. The molecule has 0 spiro atoms. The summed E-state index contributed by atoms with van der Waals surface area (Å²) in [5.41, 5.74) is 4.22. The number of ether oxygens (including phenoxy) is 1. The second kappa shape index (κ2) is 12.7. The molecule has 0 unspecified atom stereocenters. The van der Waals surface area contributed by atoms with Gasteiger partial charge in [0.1, 0.15) is 22.7 Å². The first-order valence-corrected chi connectivity index (χ1v) is 12.7. The van der Waals surface area contributed by atoms with Crippen LogP contribution in [0.4, 0.5) is 27.7 Å². The summed E-state index contributed by atoms with van der Waals surface area (Å²) in [6, 6.07) is 13.8. The van der Waals surface area contributed by atoms with Crippen LogP contribution in [-0.2, 0) is 4.79 Å². The fraction of sp³-hybridized carbons (Fsp3) is 0.192. The zero-order chi connectivity index (χ0) is 27.8. The highest BCUT2D eigenvalue weighted by atomic mass is 32.1. The molecular formula is C26H27N7O5S. The lowest BCUT2D eigenvalue weighted by molar-refractivity contribution is -0.129. The van der Waals surface area contributed by atoms with Crippen LogP contribution in [-0.4, -0.2) is 46.7 Å². The lowest BCUT2D eigenvalue weighted by atomic mass is 10.2. The number of methoxy groups -OCH3 is 1. The van der Waals surface area contributed by atoms with Gasteiger partial charge in [0.25, 0.3) is 5.91 Å². The molecule has 39 heavy (non-hydrogen) atoms. The maximum Gasteiger partial charge on any atom is 0.323 e. The largest absolute Gasteiger partial charge is 0.497 e. The van der Waals surface area contributed by atoms with Gasteiger partial charge in [-0.05, 0) is 55.3 Å². The number of hydrogen-bond acceptors (Lipinski definition) is 9. The van der Waals surface area contributed by atoms with E-state index in [1.807, 2.05) is 6.92 Å². The number of nitrogens with zero attached hydrogens (tertiary/aromatic N) is 2. The third-order valence-corrected chi connectivity index (χ3v) is 6.86. The Labute approximate surface area is 227 Å². The monoisotopic (exact) mass is 549 g/mol. The number of hydrogen-bond donors (Lipinski definition) is 6. The molecule has 0 fully saturated rings. The molecule has 202 valence electrons. The topological polar surface area (TPSA) is 167 Å². The Hall–Kier alpha value is -4.75. The first-order valence-electron chi connectivity index (χ1n) is 11.9. The maximum absolute atomic E-state index is 12.7. The van der Waals surface area contributed by atoms with Crippen LogP contribution >= 0.6 is 11.3 Å². The van der Waals surface area contributed by atoms with E-state index >= 15 is 0 Å². The molecular weight excluding hydrogens is 522 g/mol. The van der Waals surface area contributed by atoms with Crippen molar-refractivity contribution in [1.82, 2.24) is 20.8 Å².